The van der Waals surface area contributed by atoms with Crippen LogP contribution in [0.15, 0.2) is 9.98 Å². The average molecular weight is 211 g/mol. The first-order valence-electron chi connectivity index (χ1n) is 5.54. The number of aliphatic imine (C=N–C) groups is 2. The summed E-state index contributed by atoms with van der Waals surface area (Å²) in [5.41, 5.74) is 0. The van der Waals surface area contributed by atoms with Crippen molar-refractivity contribution < 1.29 is 4.74 Å². The van der Waals surface area contributed by atoms with Gasteiger partial charge < -0.3 is 4.74 Å². The zero-order valence-electron chi connectivity index (χ0n) is 10.1. The fourth-order valence-corrected chi connectivity index (χ4v) is 1.81. The average Bonchev–Trinajstić information content (AvgIpc) is 2.26. The SMILES string of the molecule is CCCCN(C)C1N=CN=C(OC)C1C. The lowest BCUT2D eigenvalue weighted by molar-refractivity contribution is 0.199. The lowest BCUT2D eigenvalue weighted by Gasteiger charge is -2.31. The number of rotatable bonds is 4. The summed E-state index contributed by atoms with van der Waals surface area (Å²) in [6, 6.07) is 0. The van der Waals surface area contributed by atoms with Crippen molar-refractivity contribution in [1.82, 2.24) is 4.90 Å². The molecule has 1 aliphatic heterocycles. The van der Waals surface area contributed by atoms with Crippen molar-refractivity contribution in [2.45, 2.75) is 32.9 Å². The summed E-state index contributed by atoms with van der Waals surface area (Å²) in [5, 5.41) is 0. The summed E-state index contributed by atoms with van der Waals surface area (Å²) < 4.78 is 5.22. The molecule has 0 aliphatic carbocycles. The summed E-state index contributed by atoms with van der Waals surface area (Å²) >= 11 is 0. The standard InChI is InChI=1S/C11H21N3O/c1-5-6-7-14(3)10-9(2)11(15-4)13-8-12-10/h8-10H,5-7H2,1-4H3. The van der Waals surface area contributed by atoms with Gasteiger partial charge in [-0.15, -0.1) is 0 Å². The van der Waals surface area contributed by atoms with E-state index in [0.717, 1.165) is 12.4 Å². The van der Waals surface area contributed by atoms with E-state index in [-0.39, 0.29) is 12.1 Å². The molecule has 0 radical (unpaired) electrons. The maximum atomic E-state index is 5.22. The molecular weight excluding hydrogens is 190 g/mol. The Morgan fingerprint density at radius 1 is 1.53 bits per heavy atom. The van der Waals surface area contributed by atoms with Crippen molar-refractivity contribution in [3.63, 3.8) is 0 Å². The van der Waals surface area contributed by atoms with Gasteiger partial charge in [0, 0.05) is 0 Å². The van der Waals surface area contributed by atoms with Crippen LogP contribution >= 0.6 is 0 Å². The van der Waals surface area contributed by atoms with Crippen LogP contribution in [-0.4, -0.2) is 44.0 Å². The molecule has 0 amide bonds. The first-order chi connectivity index (χ1) is 7.20. The fraction of sp³-hybridized carbons (Fsp3) is 0.818. The van der Waals surface area contributed by atoms with E-state index < -0.39 is 0 Å². The Morgan fingerprint density at radius 2 is 2.27 bits per heavy atom. The van der Waals surface area contributed by atoms with Crippen LogP contribution in [0.3, 0.4) is 0 Å². The largest absolute Gasteiger partial charge is 0.484 e. The Balaban J connectivity index is 2.56. The Labute approximate surface area is 92.0 Å². The highest BCUT2D eigenvalue weighted by Gasteiger charge is 2.27. The Hall–Kier alpha value is -0.900. The minimum absolute atomic E-state index is 0.170. The first-order valence-corrected chi connectivity index (χ1v) is 5.54. The van der Waals surface area contributed by atoms with Crippen LogP contribution in [0.2, 0.25) is 0 Å². The van der Waals surface area contributed by atoms with Crippen LogP contribution in [-0.2, 0) is 4.74 Å². The summed E-state index contributed by atoms with van der Waals surface area (Å²) in [6.07, 6.45) is 4.19. The molecule has 1 rings (SSSR count). The van der Waals surface area contributed by atoms with Crippen molar-refractivity contribution in [2.24, 2.45) is 15.9 Å². The zero-order chi connectivity index (χ0) is 11.3. The van der Waals surface area contributed by atoms with Crippen molar-refractivity contribution in [3.05, 3.63) is 0 Å². The van der Waals surface area contributed by atoms with Gasteiger partial charge in [-0.25, -0.2) is 4.99 Å². The third-order valence-corrected chi connectivity index (χ3v) is 2.77. The number of nitrogens with zero attached hydrogens (tertiary/aromatic N) is 3. The monoisotopic (exact) mass is 211 g/mol. The fourth-order valence-electron chi connectivity index (χ4n) is 1.81. The van der Waals surface area contributed by atoms with Crippen molar-refractivity contribution in [1.29, 1.82) is 0 Å². The van der Waals surface area contributed by atoms with Crippen LogP contribution in [0.5, 0.6) is 0 Å². The lowest BCUT2D eigenvalue weighted by atomic mass is 10.1. The molecular formula is C11H21N3O. The number of methoxy groups -OCH3 is 1. The van der Waals surface area contributed by atoms with E-state index >= 15 is 0 Å². The van der Waals surface area contributed by atoms with Crippen LogP contribution in [0.1, 0.15) is 26.7 Å². The van der Waals surface area contributed by atoms with Gasteiger partial charge >= 0.3 is 0 Å². The maximum Gasteiger partial charge on any atom is 0.195 e. The predicted octanol–water partition coefficient (Wildman–Crippen LogP) is 1.77. The lowest BCUT2D eigenvalue weighted by Crippen LogP contribution is -2.41. The highest BCUT2D eigenvalue weighted by atomic mass is 16.5. The molecule has 2 unspecified atom stereocenters. The minimum Gasteiger partial charge on any atom is -0.484 e. The van der Waals surface area contributed by atoms with Crippen LogP contribution < -0.4 is 0 Å². The molecule has 4 nitrogen and oxygen atoms in total. The Morgan fingerprint density at radius 3 is 2.87 bits per heavy atom. The van der Waals surface area contributed by atoms with Gasteiger partial charge in [0.2, 0.25) is 0 Å². The van der Waals surface area contributed by atoms with Gasteiger partial charge in [0.05, 0.1) is 13.0 Å². The summed E-state index contributed by atoms with van der Waals surface area (Å²) in [4.78, 5) is 10.8. The molecule has 0 aromatic heterocycles. The van der Waals surface area contributed by atoms with Gasteiger partial charge in [0.1, 0.15) is 12.5 Å². The molecule has 0 spiro atoms. The van der Waals surface area contributed by atoms with E-state index in [9.17, 15) is 0 Å². The highest BCUT2D eigenvalue weighted by molar-refractivity contribution is 5.88. The number of hydrogen-bond acceptors (Lipinski definition) is 4. The topological polar surface area (TPSA) is 37.2 Å². The quantitative estimate of drug-likeness (QED) is 0.710. The third kappa shape index (κ3) is 3.02. The van der Waals surface area contributed by atoms with E-state index in [1.165, 1.54) is 12.8 Å². The molecule has 15 heavy (non-hydrogen) atoms. The molecule has 0 saturated carbocycles. The third-order valence-electron chi connectivity index (χ3n) is 2.77. The van der Waals surface area contributed by atoms with Crippen molar-refractivity contribution in [3.8, 4) is 0 Å². The van der Waals surface area contributed by atoms with Crippen LogP contribution in [0.4, 0.5) is 0 Å². The number of ether oxygens (including phenoxy) is 1. The van der Waals surface area contributed by atoms with Gasteiger partial charge in [-0.05, 0) is 20.0 Å². The molecule has 0 saturated heterocycles. The van der Waals surface area contributed by atoms with Crippen molar-refractivity contribution >= 4 is 12.2 Å². The Kier molecular flexibility index (Phi) is 4.75. The van der Waals surface area contributed by atoms with Crippen molar-refractivity contribution in [2.75, 3.05) is 20.7 Å². The van der Waals surface area contributed by atoms with E-state index in [2.05, 4.69) is 35.8 Å². The first kappa shape index (κ1) is 12.2. The second-order valence-electron chi connectivity index (χ2n) is 3.97. The second-order valence-corrected chi connectivity index (χ2v) is 3.97. The van der Waals surface area contributed by atoms with E-state index in [1.807, 2.05) is 0 Å². The van der Waals surface area contributed by atoms with Crippen LogP contribution in [0, 0.1) is 5.92 Å². The molecule has 1 aliphatic rings. The molecule has 0 fully saturated rings. The molecule has 1 heterocycles. The smallest absolute Gasteiger partial charge is 0.195 e. The summed E-state index contributed by atoms with van der Waals surface area (Å²) in [6.45, 7) is 5.37. The van der Waals surface area contributed by atoms with Gasteiger partial charge in [-0.2, -0.15) is 0 Å². The summed E-state index contributed by atoms with van der Waals surface area (Å²) in [7, 11) is 3.77. The van der Waals surface area contributed by atoms with Gasteiger partial charge in [0.25, 0.3) is 0 Å². The predicted molar refractivity (Wildman–Crippen MR) is 63.4 cm³/mol. The molecule has 0 bridgehead atoms. The molecule has 86 valence electrons. The molecule has 4 heteroatoms. The second kappa shape index (κ2) is 5.85. The van der Waals surface area contributed by atoms with Gasteiger partial charge in [0.15, 0.2) is 5.90 Å². The maximum absolute atomic E-state index is 5.22. The molecule has 0 N–H and O–H groups in total. The molecule has 0 aromatic carbocycles. The zero-order valence-corrected chi connectivity index (χ0v) is 10.1. The molecule has 0 aromatic rings. The Bertz CT molecular complexity index is 250. The normalized spacial score (nSPS) is 25.5. The van der Waals surface area contributed by atoms with E-state index in [1.54, 1.807) is 13.4 Å². The van der Waals surface area contributed by atoms with E-state index in [4.69, 9.17) is 4.74 Å². The van der Waals surface area contributed by atoms with Gasteiger partial charge in [-0.3, -0.25) is 9.89 Å². The van der Waals surface area contributed by atoms with Gasteiger partial charge in [-0.1, -0.05) is 20.3 Å². The minimum atomic E-state index is 0.170. The summed E-state index contributed by atoms with van der Waals surface area (Å²) in [5.74, 6) is 1.01. The van der Waals surface area contributed by atoms with Crippen LogP contribution in [0.25, 0.3) is 0 Å². The molecule has 2 atom stereocenters. The number of unbranched alkanes of at least 4 members (excludes halogenated alkanes) is 1. The highest BCUT2D eigenvalue weighted by Crippen LogP contribution is 2.17. The number of hydrogen-bond donors (Lipinski definition) is 0. The van der Waals surface area contributed by atoms with E-state index in [0.29, 0.717) is 0 Å².